The molecule has 2 heterocycles. The largest absolute Gasteiger partial charge is 0.491 e. The Morgan fingerprint density at radius 2 is 1.76 bits per heavy atom. The average Bonchev–Trinajstić information content (AvgIpc) is 2.98. The minimum absolute atomic E-state index is 0.0582. The second-order valence-corrected chi connectivity index (χ2v) is 10.4. The Morgan fingerprint density at radius 3 is 2.59 bits per heavy atom. The van der Waals surface area contributed by atoms with Gasteiger partial charge in [0.2, 0.25) is 0 Å². The summed E-state index contributed by atoms with van der Waals surface area (Å²) >= 11 is 0. The van der Waals surface area contributed by atoms with Crippen LogP contribution in [0.15, 0.2) is 72.8 Å². The third-order valence-electron chi connectivity index (χ3n) is 7.54. The minimum Gasteiger partial charge on any atom is -0.491 e. The summed E-state index contributed by atoms with van der Waals surface area (Å²) in [5.41, 5.74) is 0.860. The smallest absolute Gasteiger partial charge is 0.260 e. The van der Waals surface area contributed by atoms with E-state index in [4.69, 9.17) is 14.2 Å². The van der Waals surface area contributed by atoms with E-state index in [9.17, 15) is 18.4 Å². The van der Waals surface area contributed by atoms with Gasteiger partial charge >= 0.3 is 0 Å². The average molecular weight is 565 g/mol. The maximum Gasteiger partial charge on any atom is 0.260 e. The van der Waals surface area contributed by atoms with Crippen molar-refractivity contribution in [1.29, 1.82) is 0 Å². The van der Waals surface area contributed by atoms with Crippen molar-refractivity contribution in [3.05, 3.63) is 95.6 Å². The van der Waals surface area contributed by atoms with Crippen molar-refractivity contribution in [2.75, 3.05) is 39.5 Å². The molecule has 1 spiro atoms. The lowest BCUT2D eigenvalue weighted by Crippen LogP contribution is -2.62. The fourth-order valence-electron chi connectivity index (χ4n) is 5.40. The van der Waals surface area contributed by atoms with E-state index in [1.54, 1.807) is 9.80 Å². The Kier molecular flexibility index (Phi) is 9.14. The summed E-state index contributed by atoms with van der Waals surface area (Å²) in [6, 6.07) is 20.6. The third-order valence-corrected chi connectivity index (χ3v) is 7.54. The molecule has 2 amide bonds. The standard InChI is InChI=1S/C32H34F2N2O5/c33-26-13-14-29(27(34)20-26)40-22-30(37)36-17-19-41-32(23-36)15-7-6-11-25-10-4-5-12-28(25)39-18-16-35(31(32)38)21-24-8-2-1-3-9-24/h1-5,8-10,12-14,20H,6-7,11,15-19,21-23H2. The SMILES string of the molecule is O=C(COc1ccc(F)cc1F)N1CCOC2(CCCCc3ccccc3OCCN(Cc3ccccc3)C2=O)C1. The molecular formula is C32H34F2N2O5. The van der Waals surface area contributed by atoms with E-state index in [1.807, 2.05) is 48.5 Å². The molecule has 9 heteroatoms. The first-order chi connectivity index (χ1) is 19.9. The minimum atomic E-state index is -1.23. The molecule has 0 bridgehead atoms. The van der Waals surface area contributed by atoms with Crippen molar-refractivity contribution in [3.63, 3.8) is 0 Å². The predicted molar refractivity (Wildman–Crippen MR) is 148 cm³/mol. The first-order valence-corrected chi connectivity index (χ1v) is 14.0. The molecule has 2 aliphatic rings. The van der Waals surface area contributed by atoms with Gasteiger partial charge < -0.3 is 24.0 Å². The van der Waals surface area contributed by atoms with E-state index >= 15 is 0 Å². The Balaban J connectivity index is 1.36. The summed E-state index contributed by atoms with van der Waals surface area (Å²) < 4.78 is 45.1. The lowest BCUT2D eigenvalue weighted by atomic mass is 9.90. The lowest BCUT2D eigenvalue weighted by Gasteiger charge is -2.44. The highest BCUT2D eigenvalue weighted by Gasteiger charge is 2.46. The zero-order valence-corrected chi connectivity index (χ0v) is 22.9. The van der Waals surface area contributed by atoms with E-state index in [1.165, 1.54) is 0 Å². The highest BCUT2D eigenvalue weighted by Crippen LogP contribution is 2.30. The van der Waals surface area contributed by atoms with Crippen molar-refractivity contribution in [1.82, 2.24) is 9.80 Å². The second kappa shape index (κ2) is 13.1. The molecule has 7 nitrogen and oxygen atoms in total. The van der Waals surface area contributed by atoms with Crippen LogP contribution in [0.25, 0.3) is 0 Å². The van der Waals surface area contributed by atoms with Gasteiger partial charge in [0.15, 0.2) is 23.8 Å². The van der Waals surface area contributed by atoms with Crippen LogP contribution >= 0.6 is 0 Å². The molecule has 2 aliphatic heterocycles. The van der Waals surface area contributed by atoms with Crippen LogP contribution in [-0.4, -0.2) is 66.7 Å². The number of aryl methyl sites for hydroxylation is 1. The van der Waals surface area contributed by atoms with Gasteiger partial charge in [-0.05, 0) is 55.0 Å². The topological polar surface area (TPSA) is 68.3 Å². The monoisotopic (exact) mass is 564 g/mol. The molecule has 5 rings (SSSR count). The van der Waals surface area contributed by atoms with Gasteiger partial charge in [0, 0.05) is 19.2 Å². The summed E-state index contributed by atoms with van der Waals surface area (Å²) in [6.45, 7) is 1.10. The van der Waals surface area contributed by atoms with E-state index in [-0.39, 0.29) is 31.4 Å². The molecule has 1 atom stereocenters. The number of para-hydroxylation sites is 1. The zero-order chi connectivity index (χ0) is 28.7. The molecule has 3 aromatic rings. The number of hydrogen-bond acceptors (Lipinski definition) is 5. The van der Waals surface area contributed by atoms with Crippen molar-refractivity contribution in [2.45, 2.75) is 37.8 Å². The van der Waals surface area contributed by atoms with Crippen molar-refractivity contribution in [3.8, 4) is 11.5 Å². The Bertz CT molecular complexity index is 1350. The van der Waals surface area contributed by atoms with E-state index in [0.29, 0.717) is 38.6 Å². The molecule has 0 aliphatic carbocycles. The van der Waals surface area contributed by atoms with Gasteiger partial charge in [0.25, 0.3) is 11.8 Å². The molecular weight excluding hydrogens is 530 g/mol. The van der Waals surface area contributed by atoms with Gasteiger partial charge in [-0.2, -0.15) is 0 Å². The van der Waals surface area contributed by atoms with E-state index < -0.39 is 29.7 Å². The number of halogens is 2. The molecule has 0 aromatic heterocycles. The fourth-order valence-corrected chi connectivity index (χ4v) is 5.40. The number of rotatable bonds is 5. The molecule has 1 saturated heterocycles. The van der Waals surface area contributed by atoms with Gasteiger partial charge in [0.1, 0.15) is 18.2 Å². The summed E-state index contributed by atoms with van der Waals surface area (Å²) in [5, 5.41) is 0. The highest BCUT2D eigenvalue weighted by atomic mass is 19.1. The molecule has 1 fully saturated rings. The van der Waals surface area contributed by atoms with Crippen LogP contribution in [0.5, 0.6) is 11.5 Å². The Hall–Kier alpha value is -3.98. The van der Waals surface area contributed by atoms with E-state index in [0.717, 1.165) is 41.9 Å². The summed E-state index contributed by atoms with van der Waals surface area (Å²) in [4.78, 5) is 30.8. The van der Waals surface area contributed by atoms with E-state index in [2.05, 4.69) is 6.07 Å². The van der Waals surface area contributed by atoms with Gasteiger partial charge in [-0.1, -0.05) is 48.5 Å². The molecule has 1 unspecified atom stereocenters. The normalized spacial score (nSPS) is 20.0. The predicted octanol–water partition coefficient (Wildman–Crippen LogP) is 4.78. The molecule has 41 heavy (non-hydrogen) atoms. The maximum atomic E-state index is 14.3. The Morgan fingerprint density at radius 1 is 0.951 bits per heavy atom. The molecule has 216 valence electrons. The number of hydrogen-bond donors (Lipinski definition) is 0. The van der Waals surface area contributed by atoms with Crippen LogP contribution in [0.2, 0.25) is 0 Å². The first kappa shape index (κ1) is 28.5. The first-order valence-electron chi connectivity index (χ1n) is 14.0. The lowest BCUT2D eigenvalue weighted by molar-refractivity contribution is -0.177. The van der Waals surface area contributed by atoms with Crippen LogP contribution in [0, 0.1) is 11.6 Å². The van der Waals surface area contributed by atoms with Crippen molar-refractivity contribution in [2.24, 2.45) is 0 Å². The third kappa shape index (κ3) is 7.03. The molecule has 3 aromatic carbocycles. The maximum absolute atomic E-state index is 14.3. The van der Waals surface area contributed by atoms with Gasteiger partial charge in [-0.25, -0.2) is 8.78 Å². The van der Waals surface area contributed by atoms with Crippen LogP contribution in [0.4, 0.5) is 8.78 Å². The highest BCUT2D eigenvalue weighted by molar-refractivity contribution is 5.87. The number of morpholine rings is 1. The number of carbonyl (C=O) groups excluding carboxylic acids is 2. The number of nitrogens with zero attached hydrogens (tertiary/aromatic N) is 2. The molecule has 0 N–H and O–H groups in total. The number of carbonyl (C=O) groups is 2. The van der Waals surface area contributed by atoms with Gasteiger partial charge in [0.05, 0.1) is 19.7 Å². The number of benzene rings is 3. The molecule has 0 saturated carbocycles. The quantitative estimate of drug-likeness (QED) is 0.447. The van der Waals surface area contributed by atoms with Crippen LogP contribution in [0.3, 0.4) is 0 Å². The van der Waals surface area contributed by atoms with Crippen molar-refractivity contribution < 1.29 is 32.6 Å². The number of ether oxygens (including phenoxy) is 3. The molecule has 0 radical (unpaired) electrons. The Labute approximate surface area is 238 Å². The second-order valence-electron chi connectivity index (χ2n) is 10.4. The van der Waals surface area contributed by atoms with Crippen LogP contribution < -0.4 is 9.47 Å². The van der Waals surface area contributed by atoms with Gasteiger partial charge in [-0.3, -0.25) is 9.59 Å². The zero-order valence-electron chi connectivity index (χ0n) is 22.9. The van der Waals surface area contributed by atoms with Crippen molar-refractivity contribution >= 4 is 11.8 Å². The van der Waals surface area contributed by atoms with Crippen LogP contribution in [0.1, 0.15) is 30.4 Å². The summed E-state index contributed by atoms with van der Waals surface area (Å²) in [5.74, 6) is -1.58. The summed E-state index contributed by atoms with van der Waals surface area (Å²) in [7, 11) is 0. The van der Waals surface area contributed by atoms with Gasteiger partial charge in [-0.15, -0.1) is 0 Å². The fraction of sp³-hybridized carbons (Fsp3) is 0.375. The number of amides is 2. The summed E-state index contributed by atoms with van der Waals surface area (Å²) in [6.07, 6.45) is 2.77. The number of fused-ring (bicyclic) bond motifs is 1. The van der Waals surface area contributed by atoms with Crippen LogP contribution in [-0.2, 0) is 27.3 Å².